The van der Waals surface area contributed by atoms with Crippen LogP contribution in [-0.2, 0) is 0 Å². The first-order valence-electron chi connectivity index (χ1n) is 41.7. The summed E-state index contributed by atoms with van der Waals surface area (Å²) in [6, 6.07) is 165. The molecule has 0 unspecified atom stereocenters. The second-order valence-corrected chi connectivity index (χ2v) is 30.9. The second kappa shape index (κ2) is 33.6. The molecular formula is C115H77N9. The van der Waals surface area contributed by atoms with Gasteiger partial charge >= 0.3 is 0 Å². The number of pyridine rings is 4. The summed E-state index contributed by atoms with van der Waals surface area (Å²) in [5, 5.41) is 9.97. The fourth-order valence-electron chi connectivity index (χ4n) is 16.6. The van der Waals surface area contributed by atoms with Gasteiger partial charge in [-0.3, -0.25) is 9.13 Å². The van der Waals surface area contributed by atoms with Gasteiger partial charge in [-0.05, 0) is 141 Å². The monoisotopic (exact) mass is 1580 g/mol. The van der Waals surface area contributed by atoms with Gasteiger partial charge in [-0.1, -0.05) is 382 Å². The van der Waals surface area contributed by atoms with Crippen molar-refractivity contribution >= 4 is 0 Å². The fourth-order valence-corrected chi connectivity index (χ4v) is 16.6. The summed E-state index contributed by atoms with van der Waals surface area (Å²) >= 11 is 0. The van der Waals surface area contributed by atoms with Gasteiger partial charge in [0.05, 0.1) is 62.6 Å². The Morgan fingerprint density at radius 2 is 0.323 bits per heavy atom. The molecule has 0 spiro atoms. The first-order chi connectivity index (χ1) is 61.4. The minimum atomic E-state index is 0.719. The molecule has 21 rings (SSSR count). The van der Waals surface area contributed by atoms with Crippen molar-refractivity contribution in [2.75, 3.05) is 0 Å². The molecule has 0 aliphatic heterocycles. The van der Waals surface area contributed by atoms with Gasteiger partial charge in [0, 0.05) is 78.0 Å². The van der Waals surface area contributed by atoms with Gasteiger partial charge in [0.15, 0.2) is 11.6 Å². The third-order valence-electron chi connectivity index (χ3n) is 22.8. The van der Waals surface area contributed by atoms with Gasteiger partial charge in [-0.15, -0.1) is 10.2 Å². The Labute approximate surface area is 720 Å². The SMILES string of the molecule is c1ccc(-c2cc(-c3cc(-c4cc(-c5ccccc5)nc(-c5ccc(-c6ccc(-c7cc(-c8cc(-c9cc(-c%10ccccc%10)nc(-c%10ccccc%10)c9)cc(-n9c(-c%10ccccc%10)nc(-c%10ccccc%10)c9-c9ccccc9)c8)cc(-c8ccccc8)n7)cc6)cc5)c4)cc(-n4c(-c5ccccc5)nnc4-c4ccccc4)c3)cc(-c3ccccc3)n2)cc1. The van der Waals surface area contributed by atoms with E-state index >= 15 is 0 Å². The topological polar surface area (TPSA) is 100 Å². The van der Waals surface area contributed by atoms with Gasteiger partial charge in [-0.25, -0.2) is 24.9 Å². The average Bonchev–Trinajstić information content (AvgIpc) is 1.58. The Morgan fingerprint density at radius 1 is 0.129 bits per heavy atom. The molecule has 9 nitrogen and oxygen atoms in total. The van der Waals surface area contributed by atoms with Crippen LogP contribution in [0.3, 0.4) is 0 Å². The molecule has 124 heavy (non-hydrogen) atoms. The highest BCUT2D eigenvalue weighted by molar-refractivity contribution is 5.91. The van der Waals surface area contributed by atoms with Crippen LogP contribution < -0.4 is 0 Å². The van der Waals surface area contributed by atoms with Gasteiger partial charge in [0.25, 0.3) is 0 Å². The van der Waals surface area contributed by atoms with Crippen LogP contribution in [0.15, 0.2) is 467 Å². The van der Waals surface area contributed by atoms with Crippen molar-refractivity contribution in [3.8, 4) is 214 Å². The second-order valence-electron chi connectivity index (χ2n) is 30.9. The summed E-state index contributed by atoms with van der Waals surface area (Å²) in [4.78, 5) is 27.5. The van der Waals surface area contributed by atoms with E-state index in [1.165, 1.54) is 0 Å². The van der Waals surface area contributed by atoms with Crippen LogP contribution in [0.25, 0.3) is 214 Å². The molecule has 0 atom stereocenters. The van der Waals surface area contributed by atoms with Crippen molar-refractivity contribution in [1.29, 1.82) is 0 Å². The molecule has 0 radical (unpaired) electrons. The first-order valence-corrected chi connectivity index (χ1v) is 41.7. The Hall–Kier alpha value is -16.8. The van der Waals surface area contributed by atoms with Crippen molar-refractivity contribution < 1.29 is 0 Å². The predicted octanol–water partition coefficient (Wildman–Crippen LogP) is 29.0. The molecule has 0 fully saturated rings. The van der Waals surface area contributed by atoms with Gasteiger partial charge in [0.1, 0.15) is 5.82 Å². The third-order valence-corrected chi connectivity index (χ3v) is 22.8. The van der Waals surface area contributed by atoms with E-state index in [0.29, 0.717) is 0 Å². The lowest BCUT2D eigenvalue weighted by atomic mass is 9.93. The molecule has 582 valence electrons. The van der Waals surface area contributed by atoms with E-state index in [-0.39, 0.29) is 0 Å². The Morgan fingerprint density at radius 3 is 0.581 bits per heavy atom. The van der Waals surface area contributed by atoms with E-state index in [1.807, 2.05) is 48.5 Å². The predicted molar refractivity (Wildman–Crippen MR) is 508 cm³/mol. The van der Waals surface area contributed by atoms with E-state index in [4.69, 9.17) is 35.1 Å². The minimum absolute atomic E-state index is 0.719. The summed E-state index contributed by atoms with van der Waals surface area (Å²) in [6.45, 7) is 0. The highest BCUT2D eigenvalue weighted by Gasteiger charge is 2.27. The molecule has 0 amide bonds. The molecule has 0 aliphatic rings. The highest BCUT2D eigenvalue weighted by Crippen LogP contribution is 2.45. The lowest BCUT2D eigenvalue weighted by Gasteiger charge is -2.18. The van der Waals surface area contributed by atoms with E-state index in [0.717, 1.165) is 214 Å². The zero-order valence-electron chi connectivity index (χ0n) is 67.5. The number of hydrogen-bond donors (Lipinski definition) is 0. The lowest BCUT2D eigenvalue weighted by Crippen LogP contribution is -2.02. The summed E-state index contributed by atoms with van der Waals surface area (Å²) in [5.41, 5.74) is 33.5. The first kappa shape index (κ1) is 74.8. The standard InChI is InChI=1S/C115H77N9/c1-12-34-80(35-13-1)103-70-97(71-104(116-103)81-36-14-2-15-37-81)93-64-94(67-101(66-93)123-112(89-48-26-8-27-49-89)111(88-46-24-7-25-47-88)120-113(123)90-50-28-9-29-51-90)99-74-107(84-42-20-5-21-43-84)118-109(76-99)86-60-56-78(57-61-86)79-58-62-87(63-59-79)110-77-100(75-108(119-110)85-44-22-6-23-45-85)96-65-95(98-72-105(82-38-16-3-17-39-82)117-106(73-98)83-40-18-4-19-41-83)68-102(69-96)124-114(91-52-30-10-31-53-91)121-122-115(124)92-54-32-11-33-55-92/h1-77H. The maximum absolute atomic E-state index is 5.69. The molecule has 9 heteroatoms. The number of benzene rings is 15. The van der Waals surface area contributed by atoms with Crippen LogP contribution in [0.1, 0.15) is 0 Å². The van der Waals surface area contributed by atoms with E-state index in [9.17, 15) is 0 Å². The molecule has 6 heterocycles. The largest absolute Gasteiger partial charge is 0.292 e. The molecule has 0 saturated heterocycles. The quantitative estimate of drug-likeness (QED) is 0.0749. The number of nitrogens with zero attached hydrogens (tertiary/aromatic N) is 9. The summed E-state index contributed by atoms with van der Waals surface area (Å²) in [5.74, 6) is 2.25. The zero-order valence-corrected chi connectivity index (χ0v) is 67.5. The average molecular weight is 1580 g/mol. The minimum Gasteiger partial charge on any atom is -0.292 e. The van der Waals surface area contributed by atoms with Crippen molar-refractivity contribution in [3.63, 3.8) is 0 Å². The Bertz CT molecular complexity index is 7190. The van der Waals surface area contributed by atoms with E-state index < -0.39 is 0 Å². The Balaban J connectivity index is 0.692. The molecule has 0 saturated carbocycles. The number of imidazole rings is 1. The van der Waals surface area contributed by atoms with Crippen LogP contribution >= 0.6 is 0 Å². The van der Waals surface area contributed by atoms with Gasteiger partial charge < -0.3 is 0 Å². The molecule has 0 bridgehead atoms. The summed E-state index contributed by atoms with van der Waals surface area (Å²) in [7, 11) is 0. The van der Waals surface area contributed by atoms with Crippen molar-refractivity contribution in [2.45, 2.75) is 0 Å². The van der Waals surface area contributed by atoms with Crippen molar-refractivity contribution in [2.24, 2.45) is 0 Å². The van der Waals surface area contributed by atoms with Crippen LogP contribution in [0.5, 0.6) is 0 Å². The van der Waals surface area contributed by atoms with Crippen LogP contribution in [0.4, 0.5) is 0 Å². The maximum atomic E-state index is 5.69. The van der Waals surface area contributed by atoms with E-state index in [1.54, 1.807) is 0 Å². The van der Waals surface area contributed by atoms with Crippen LogP contribution in [0, 0.1) is 0 Å². The third kappa shape index (κ3) is 15.4. The molecule has 15 aromatic carbocycles. The van der Waals surface area contributed by atoms with Gasteiger partial charge in [0.2, 0.25) is 0 Å². The van der Waals surface area contributed by atoms with Crippen molar-refractivity contribution in [1.82, 2.24) is 44.3 Å². The van der Waals surface area contributed by atoms with E-state index in [2.05, 4.69) is 428 Å². The maximum Gasteiger partial charge on any atom is 0.168 e. The summed E-state index contributed by atoms with van der Waals surface area (Å²) < 4.78 is 4.57. The van der Waals surface area contributed by atoms with Crippen LogP contribution in [0.2, 0.25) is 0 Å². The van der Waals surface area contributed by atoms with Crippen molar-refractivity contribution in [3.05, 3.63) is 467 Å². The smallest absolute Gasteiger partial charge is 0.168 e. The highest BCUT2D eigenvalue weighted by atomic mass is 15.3. The van der Waals surface area contributed by atoms with Crippen LogP contribution in [-0.4, -0.2) is 44.3 Å². The fraction of sp³-hybridized carbons (Fsp3) is 0. The molecule has 0 N–H and O–H groups in total. The number of aromatic nitrogens is 9. The summed E-state index contributed by atoms with van der Waals surface area (Å²) in [6.07, 6.45) is 0. The Kier molecular flexibility index (Phi) is 20.2. The normalized spacial score (nSPS) is 11.2. The molecular weight excluding hydrogens is 1510 g/mol. The molecule has 0 aliphatic carbocycles. The molecule has 21 aromatic rings. The van der Waals surface area contributed by atoms with Gasteiger partial charge in [-0.2, -0.15) is 0 Å². The lowest BCUT2D eigenvalue weighted by molar-refractivity contribution is 1.07. The number of hydrogen-bond acceptors (Lipinski definition) is 7. The number of rotatable bonds is 20. The molecule has 6 aromatic heterocycles. The zero-order chi connectivity index (χ0) is 82.5.